The fraction of sp³-hybridized carbons (Fsp3) is 0.200. The summed E-state index contributed by atoms with van der Waals surface area (Å²) in [5, 5.41) is 9.82. The second-order valence-corrected chi connectivity index (χ2v) is 8.84. The Morgan fingerprint density at radius 1 is 0.840 bits per heavy atom. The van der Waals surface area contributed by atoms with Gasteiger partial charge in [-0.3, -0.25) is 0 Å². The number of allylic oxidation sites excluding steroid dienone is 2. The molecule has 0 atom stereocenters. The van der Waals surface area contributed by atoms with Crippen LogP contribution in [0.2, 0.25) is 5.02 Å². The number of rotatable bonds is 3. The normalized spacial score (nSPS) is 17.2. The average molecular weight is 385 g/mol. The molecule has 2 aromatic rings. The Kier molecular flexibility index (Phi) is 5.30. The smallest absolute Gasteiger partial charge is 0.114 e. The van der Waals surface area contributed by atoms with Crippen molar-refractivity contribution in [2.24, 2.45) is 10.2 Å². The zero-order chi connectivity index (χ0) is 17.1. The highest BCUT2D eigenvalue weighted by Crippen LogP contribution is 2.56. The zero-order valence-corrected chi connectivity index (χ0v) is 16.0. The van der Waals surface area contributed by atoms with Crippen LogP contribution in [-0.4, -0.2) is 0 Å². The maximum absolute atomic E-state index is 6.06. The molecule has 1 heterocycles. The lowest BCUT2D eigenvalue weighted by atomic mass is 10.1. The Morgan fingerprint density at radius 3 is 2.12 bits per heavy atom. The zero-order valence-electron chi connectivity index (χ0n) is 13.6. The highest BCUT2D eigenvalue weighted by Gasteiger charge is 2.26. The first kappa shape index (κ1) is 17.0. The maximum atomic E-state index is 6.06. The molecule has 0 saturated carbocycles. The van der Waals surface area contributed by atoms with Crippen molar-refractivity contribution in [2.45, 2.75) is 25.7 Å². The first-order valence-corrected chi connectivity index (χ1v) is 10.4. The summed E-state index contributed by atoms with van der Waals surface area (Å²) in [5.74, 6) is 0. The Morgan fingerprint density at radius 2 is 1.48 bits per heavy atom. The van der Waals surface area contributed by atoms with Gasteiger partial charge in [-0.2, -0.15) is 5.11 Å². The van der Waals surface area contributed by atoms with Gasteiger partial charge in [0.2, 0.25) is 0 Å². The van der Waals surface area contributed by atoms with Crippen LogP contribution in [0.3, 0.4) is 0 Å². The number of nitrogens with zero attached hydrogens (tertiary/aromatic N) is 2. The minimum Gasteiger partial charge on any atom is -0.150 e. The number of hydrogen-bond acceptors (Lipinski definition) is 4. The molecular weight excluding hydrogens is 368 g/mol. The Labute approximate surface area is 161 Å². The number of thioether (sulfide) groups is 2. The summed E-state index contributed by atoms with van der Waals surface area (Å²) in [6.45, 7) is 0. The van der Waals surface area contributed by atoms with E-state index in [9.17, 15) is 0 Å². The minimum absolute atomic E-state index is 0.734. The van der Waals surface area contributed by atoms with Crippen LogP contribution in [0.4, 0.5) is 5.69 Å². The van der Waals surface area contributed by atoms with Gasteiger partial charge >= 0.3 is 0 Å². The van der Waals surface area contributed by atoms with Gasteiger partial charge in [0.05, 0.1) is 9.92 Å². The van der Waals surface area contributed by atoms with Crippen LogP contribution in [0, 0.1) is 0 Å². The van der Waals surface area contributed by atoms with Crippen LogP contribution in [0.1, 0.15) is 31.2 Å². The quantitative estimate of drug-likeness (QED) is 0.500. The van der Waals surface area contributed by atoms with Gasteiger partial charge in [-0.05, 0) is 49.9 Å². The van der Waals surface area contributed by atoms with E-state index in [4.69, 9.17) is 11.6 Å². The molecule has 2 nitrogen and oxygen atoms in total. The van der Waals surface area contributed by atoms with E-state index in [2.05, 4.69) is 10.2 Å². The van der Waals surface area contributed by atoms with Crippen molar-refractivity contribution in [1.82, 2.24) is 0 Å². The lowest BCUT2D eigenvalue weighted by Crippen LogP contribution is -1.89. The predicted octanol–water partition coefficient (Wildman–Crippen LogP) is 8.02. The van der Waals surface area contributed by atoms with E-state index < -0.39 is 0 Å². The second-order valence-electron chi connectivity index (χ2n) is 5.94. The third-order valence-corrected chi connectivity index (χ3v) is 7.17. The van der Waals surface area contributed by atoms with E-state index in [1.807, 2.05) is 78.1 Å². The topological polar surface area (TPSA) is 24.7 Å². The average Bonchev–Trinajstić information content (AvgIpc) is 3.08. The van der Waals surface area contributed by atoms with Crippen molar-refractivity contribution in [3.63, 3.8) is 0 Å². The summed E-state index contributed by atoms with van der Waals surface area (Å²) in [4.78, 5) is 3.04. The predicted molar refractivity (Wildman–Crippen MR) is 110 cm³/mol. The van der Waals surface area contributed by atoms with Gasteiger partial charge in [0.15, 0.2) is 0 Å². The fourth-order valence-corrected chi connectivity index (χ4v) is 5.86. The van der Waals surface area contributed by atoms with Gasteiger partial charge < -0.3 is 0 Å². The Hall–Kier alpha value is -1.49. The number of hydrogen-bond donors (Lipinski definition) is 0. The molecule has 0 saturated heterocycles. The third kappa shape index (κ3) is 4.02. The molecule has 5 heteroatoms. The summed E-state index contributed by atoms with van der Waals surface area (Å²) >= 11 is 9.80. The summed E-state index contributed by atoms with van der Waals surface area (Å²) < 4.78 is 1.23. The van der Waals surface area contributed by atoms with Crippen molar-refractivity contribution < 1.29 is 0 Å². The maximum Gasteiger partial charge on any atom is 0.114 e. The summed E-state index contributed by atoms with van der Waals surface area (Å²) in [6.07, 6.45) is 4.98. The molecule has 0 bridgehead atoms. The molecule has 0 fully saturated rings. The monoisotopic (exact) mass is 384 g/mol. The van der Waals surface area contributed by atoms with Crippen molar-refractivity contribution in [2.75, 3.05) is 0 Å². The third-order valence-electron chi connectivity index (χ3n) is 4.13. The van der Waals surface area contributed by atoms with Crippen molar-refractivity contribution in [1.29, 1.82) is 0 Å². The first-order valence-electron chi connectivity index (χ1n) is 8.34. The molecule has 0 N–H and O–H groups in total. The molecule has 0 aromatic heterocycles. The van der Waals surface area contributed by atoms with Crippen LogP contribution in [-0.2, 0) is 0 Å². The molecule has 0 radical (unpaired) electrons. The molecule has 1 aliphatic heterocycles. The molecule has 25 heavy (non-hydrogen) atoms. The van der Waals surface area contributed by atoms with Gasteiger partial charge in [-0.25, -0.2) is 0 Å². The van der Waals surface area contributed by atoms with Crippen LogP contribution in [0.25, 0.3) is 5.70 Å². The standard InChI is InChI=1S/C20H17ClN2S2/c21-15-12-10-14(11-13-15)19(23-22-16-6-2-1-3-7-16)20-24-17-8-4-5-9-18(17)25-20/h1-3,6-7,10-13H,4-5,8-9H2. The van der Waals surface area contributed by atoms with E-state index in [0.29, 0.717) is 0 Å². The summed E-state index contributed by atoms with van der Waals surface area (Å²) in [5.41, 5.74) is 2.85. The van der Waals surface area contributed by atoms with Crippen molar-refractivity contribution >= 4 is 46.5 Å². The molecule has 1 aliphatic carbocycles. The van der Waals surface area contributed by atoms with Gasteiger partial charge in [0.25, 0.3) is 0 Å². The van der Waals surface area contributed by atoms with Crippen LogP contribution < -0.4 is 0 Å². The SMILES string of the molecule is Clc1ccc(C(N=Nc2ccccc2)=C2SC3=C(CCCC3)S2)cc1. The van der Waals surface area contributed by atoms with Gasteiger partial charge in [0.1, 0.15) is 5.70 Å². The van der Waals surface area contributed by atoms with Gasteiger partial charge in [0, 0.05) is 20.4 Å². The van der Waals surface area contributed by atoms with E-state index in [-0.39, 0.29) is 0 Å². The molecule has 2 aromatic carbocycles. The van der Waals surface area contributed by atoms with E-state index >= 15 is 0 Å². The molecule has 2 aliphatic rings. The fourth-order valence-electron chi connectivity index (χ4n) is 2.83. The van der Waals surface area contributed by atoms with Gasteiger partial charge in [-0.15, -0.1) is 5.11 Å². The lowest BCUT2D eigenvalue weighted by molar-refractivity contribution is 0.718. The second kappa shape index (κ2) is 7.81. The van der Waals surface area contributed by atoms with Crippen LogP contribution in [0.5, 0.6) is 0 Å². The van der Waals surface area contributed by atoms with Gasteiger partial charge in [-0.1, -0.05) is 65.5 Å². The van der Waals surface area contributed by atoms with E-state index in [1.165, 1.54) is 39.7 Å². The largest absolute Gasteiger partial charge is 0.150 e. The number of benzene rings is 2. The summed E-state index contributed by atoms with van der Waals surface area (Å²) in [7, 11) is 0. The van der Waals surface area contributed by atoms with Crippen molar-refractivity contribution in [3.05, 3.63) is 79.2 Å². The van der Waals surface area contributed by atoms with Crippen LogP contribution >= 0.6 is 35.1 Å². The Bertz CT molecular complexity index is 835. The van der Waals surface area contributed by atoms with E-state index in [1.54, 1.807) is 0 Å². The van der Waals surface area contributed by atoms with E-state index in [0.717, 1.165) is 22.0 Å². The molecular formula is C20H17ClN2S2. The molecule has 4 rings (SSSR count). The first-order chi connectivity index (χ1) is 12.3. The molecule has 0 spiro atoms. The minimum atomic E-state index is 0.734. The highest BCUT2D eigenvalue weighted by molar-refractivity contribution is 8.28. The lowest BCUT2D eigenvalue weighted by Gasteiger charge is -2.09. The number of azo groups is 1. The van der Waals surface area contributed by atoms with Crippen molar-refractivity contribution in [3.8, 4) is 0 Å². The molecule has 126 valence electrons. The highest BCUT2D eigenvalue weighted by atomic mass is 35.5. The van der Waals surface area contributed by atoms with Crippen LogP contribution in [0.15, 0.2) is 78.9 Å². The summed E-state index contributed by atoms with van der Waals surface area (Å²) in [6, 6.07) is 17.7. The Balaban J connectivity index is 1.70. The molecule has 0 amide bonds. The number of halogens is 1. The molecule has 0 unspecified atom stereocenters.